The van der Waals surface area contributed by atoms with E-state index < -0.39 is 0 Å². The van der Waals surface area contributed by atoms with E-state index in [1.165, 1.54) is 0 Å². The van der Waals surface area contributed by atoms with Gasteiger partial charge in [0.15, 0.2) is 0 Å². The Morgan fingerprint density at radius 3 is 2.20 bits per heavy atom. The summed E-state index contributed by atoms with van der Waals surface area (Å²) in [6, 6.07) is 0. The maximum atomic E-state index is 3.42. The van der Waals surface area contributed by atoms with Crippen molar-refractivity contribution in [2.75, 3.05) is 0 Å². The third-order valence-corrected chi connectivity index (χ3v) is 0.272. The summed E-state index contributed by atoms with van der Waals surface area (Å²) < 4.78 is 0. The zero-order valence-electron chi connectivity index (χ0n) is 3.15. The van der Waals surface area contributed by atoms with Crippen molar-refractivity contribution < 1.29 is 5.73 Å². The number of hydrogen-bond donors (Lipinski definition) is 1. The summed E-state index contributed by atoms with van der Waals surface area (Å²) in [5.41, 5.74) is 3.42. The molecule has 0 saturated heterocycles. The fourth-order valence-corrected chi connectivity index (χ4v) is 0.0962. The number of quaternary nitrogens is 1. The summed E-state index contributed by atoms with van der Waals surface area (Å²) in [5.74, 6) is 0. The molecule has 1 heteroatoms. The molecule has 0 unspecified atom stereocenters. The van der Waals surface area contributed by atoms with Crippen molar-refractivity contribution in [1.82, 2.24) is 0 Å². The van der Waals surface area contributed by atoms with Crippen LogP contribution in [-0.4, -0.2) is 0 Å². The molecule has 0 aromatic carbocycles. The Labute approximate surface area is 31.8 Å². The Morgan fingerprint density at radius 2 is 2.20 bits per heavy atom. The van der Waals surface area contributed by atoms with Crippen molar-refractivity contribution in [3.8, 4) is 0 Å². The summed E-state index contributed by atoms with van der Waals surface area (Å²) in [6.45, 7) is 3.42. The monoisotopic (exact) mass is 70.1 g/mol. The van der Waals surface area contributed by atoms with Crippen LogP contribution in [0.1, 0.15) is 0 Å². The van der Waals surface area contributed by atoms with E-state index in [0.717, 1.165) is 0 Å². The van der Waals surface area contributed by atoms with Crippen LogP contribution in [0.5, 0.6) is 0 Å². The molecule has 0 aliphatic heterocycles. The molecule has 0 aliphatic rings. The Balaban J connectivity index is 2.92. The van der Waals surface area contributed by atoms with Crippen LogP contribution in [0.25, 0.3) is 0 Å². The van der Waals surface area contributed by atoms with Crippen molar-refractivity contribution in [2.24, 2.45) is 0 Å². The van der Waals surface area contributed by atoms with Gasteiger partial charge in [-0.1, -0.05) is 12.7 Å². The van der Waals surface area contributed by atoms with E-state index in [2.05, 4.69) is 12.3 Å². The molecule has 0 aliphatic carbocycles. The number of allylic oxidation sites excluding steroid dienone is 2. The molecule has 0 fully saturated rings. The highest BCUT2D eigenvalue weighted by molar-refractivity contribution is 4.91. The van der Waals surface area contributed by atoms with Crippen LogP contribution in [-0.2, 0) is 0 Å². The first-order valence-electron chi connectivity index (χ1n) is 1.48. The van der Waals surface area contributed by atoms with E-state index in [-0.39, 0.29) is 0 Å². The molecule has 0 aromatic rings. The second kappa shape index (κ2) is 3.44. The van der Waals surface area contributed by atoms with Crippen LogP contribution < -0.4 is 5.73 Å². The number of hydrogen-bond acceptors (Lipinski definition) is 0. The summed E-state index contributed by atoms with van der Waals surface area (Å²) >= 11 is 0. The fraction of sp³-hybridized carbons (Fsp3) is 0. The summed E-state index contributed by atoms with van der Waals surface area (Å²) in [5, 5.41) is 0. The second-order valence-electron chi connectivity index (χ2n) is 0.664. The lowest BCUT2D eigenvalue weighted by Gasteiger charge is -1.53. The molecule has 5 heavy (non-hydrogen) atoms. The minimum absolute atomic E-state index is 1.69. The predicted molar refractivity (Wildman–Crippen MR) is 22.2 cm³/mol. The van der Waals surface area contributed by atoms with E-state index in [1.807, 2.05) is 0 Å². The van der Waals surface area contributed by atoms with Gasteiger partial charge in [0.25, 0.3) is 0 Å². The van der Waals surface area contributed by atoms with Gasteiger partial charge in [-0.3, -0.25) is 0 Å². The van der Waals surface area contributed by atoms with Crippen molar-refractivity contribution in [3.05, 3.63) is 24.9 Å². The average Bonchev–Trinajstić information content (AvgIpc) is 1.41. The van der Waals surface area contributed by atoms with Gasteiger partial charge < -0.3 is 5.73 Å². The van der Waals surface area contributed by atoms with E-state index in [1.54, 1.807) is 18.4 Å². The van der Waals surface area contributed by atoms with Crippen molar-refractivity contribution in [2.45, 2.75) is 0 Å². The Kier molecular flexibility index (Phi) is 3.05. The van der Waals surface area contributed by atoms with Crippen molar-refractivity contribution in [1.29, 1.82) is 0 Å². The molecule has 0 saturated carbocycles. The maximum Gasteiger partial charge on any atom is 0.0909 e. The van der Waals surface area contributed by atoms with Gasteiger partial charge in [-0.15, -0.1) is 0 Å². The molecule has 28 valence electrons. The quantitative estimate of drug-likeness (QED) is 0.418. The smallest absolute Gasteiger partial charge is 0.0909 e. The molecular formula is C4H8N+. The highest BCUT2D eigenvalue weighted by Gasteiger charge is 1.45. The van der Waals surface area contributed by atoms with E-state index in [0.29, 0.717) is 0 Å². The minimum Gasteiger partial charge on any atom is -0.331 e. The summed E-state index contributed by atoms with van der Waals surface area (Å²) in [7, 11) is 0. The van der Waals surface area contributed by atoms with Crippen molar-refractivity contribution >= 4 is 0 Å². The van der Waals surface area contributed by atoms with Crippen LogP contribution in [0.2, 0.25) is 0 Å². The van der Waals surface area contributed by atoms with Crippen LogP contribution >= 0.6 is 0 Å². The maximum absolute atomic E-state index is 3.42. The molecular weight excluding hydrogens is 62.1 g/mol. The lowest BCUT2D eigenvalue weighted by molar-refractivity contribution is -0.274. The Hall–Kier alpha value is -0.560. The van der Waals surface area contributed by atoms with Crippen LogP contribution in [0, 0.1) is 0 Å². The molecule has 1 nitrogen and oxygen atoms in total. The van der Waals surface area contributed by atoms with Gasteiger partial charge in [-0.2, -0.15) is 0 Å². The first-order valence-corrected chi connectivity index (χ1v) is 1.48. The lowest BCUT2D eigenvalue weighted by Crippen LogP contribution is -2.38. The highest BCUT2D eigenvalue weighted by Crippen LogP contribution is 1.56. The second-order valence-corrected chi connectivity index (χ2v) is 0.664. The third-order valence-electron chi connectivity index (χ3n) is 0.272. The van der Waals surface area contributed by atoms with Gasteiger partial charge in [0, 0.05) is 0 Å². The normalized spacial score (nSPS) is 9.00. The zero-order chi connectivity index (χ0) is 4.12. The molecule has 0 heterocycles. The van der Waals surface area contributed by atoms with Gasteiger partial charge in [0.2, 0.25) is 0 Å². The van der Waals surface area contributed by atoms with Gasteiger partial charge in [-0.25, -0.2) is 0 Å². The molecule has 0 rings (SSSR count). The highest BCUT2D eigenvalue weighted by atomic mass is 14.5. The standard InChI is InChI=1S/C4H7N/c1-2-3-4-5/h2-4H,1,5H2/p+1/b4-3+. The van der Waals surface area contributed by atoms with E-state index in [9.17, 15) is 0 Å². The average molecular weight is 70.1 g/mol. The fourth-order valence-electron chi connectivity index (χ4n) is 0.0962. The first-order chi connectivity index (χ1) is 2.41. The van der Waals surface area contributed by atoms with Crippen LogP contribution in [0.15, 0.2) is 24.9 Å². The third kappa shape index (κ3) is 3.44. The van der Waals surface area contributed by atoms with Gasteiger partial charge in [0.05, 0.1) is 6.20 Å². The van der Waals surface area contributed by atoms with Gasteiger partial charge in [0.1, 0.15) is 0 Å². The Morgan fingerprint density at radius 1 is 1.60 bits per heavy atom. The molecule has 0 radical (unpaired) electrons. The number of rotatable bonds is 1. The summed E-state index contributed by atoms with van der Waals surface area (Å²) in [6.07, 6.45) is 5.15. The van der Waals surface area contributed by atoms with Crippen LogP contribution in [0.3, 0.4) is 0 Å². The molecule has 0 aromatic heterocycles. The minimum atomic E-state index is 1.69. The first kappa shape index (κ1) is 4.44. The zero-order valence-corrected chi connectivity index (χ0v) is 3.15. The predicted octanol–water partition coefficient (Wildman–Crippen LogP) is -0.0720. The lowest BCUT2D eigenvalue weighted by atomic mass is 10.6. The van der Waals surface area contributed by atoms with Crippen molar-refractivity contribution in [3.63, 3.8) is 0 Å². The largest absolute Gasteiger partial charge is 0.331 e. The molecule has 3 N–H and O–H groups in total. The molecule has 0 amide bonds. The SMILES string of the molecule is C=C/C=C/[NH3+]. The van der Waals surface area contributed by atoms with Crippen LogP contribution in [0.4, 0.5) is 0 Å². The molecule has 0 bridgehead atoms. The van der Waals surface area contributed by atoms with Gasteiger partial charge >= 0.3 is 0 Å². The summed E-state index contributed by atoms with van der Waals surface area (Å²) in [4.78, 5) is 0. The molecule has 0 spiro atoms. The van der Waals surface area contributed by atoms with E-state index in [4.69, 9.17) is 0 Å². The topological polar surface area (TPSA) is 27.6 Å². The van der Waals surface area contributed by atoms with Gasteiger partial charge in [-0.05, 0) is 6.08 Å². The Bertz CT molecular complexity index is 45.6. The van der Waals surface area contributed by atoms with E-state index >= 15 is 0 Å². The molecule has 0 atom stereocenters.